The molecule has 10 nitrogen and oxygen atoms in total. The fraction of sp³-hybridized carbons (Fsp3) is 0.250. The third-order valence-electron chi connectivity index (χ3n) is 4.38. The van der Waals surface area contributed by atoms with Crippen LogP contribution in [0.5, 0.6) is 0 Å². The molecule has 2 heterocycles. The fourth-order valence-electron chi connectivity index (χ4n) is 2.73. The maximum atomic E-state index is 10.9. The zero-order valence-corrected chi connectivity index (χ0v) is 23.0. The Balaban J connectivity index is 0.000000225. The molecule has 4 aromatic rings. The minimum absolute atomic E-state index is 0.0386. The largest absolute Gasteiger partial charge is 0.392 e. The fourth-order valence-corrected chi connectivity index (χ4v) is 3.08. The normalized spacial score (nSPS) is 11.2. The van der Waals surface area contributed by atoms with Crippen LogP contribution in [0.25, 0.3) is 22.5 Å². The highest BCUT2D eigenvalue weighted by molar-refractivity contribution is 8.13. The minimum atomic E-state index is -3.41. The first-order valence-corrected chi connectivity index (χ1v) is 15.2. The molecule has 0 unspecified atom stereocenters. The van der Waals surface area contributed by atoms with Crippen LogP contribution in [-0.4, -0.2) is 44.8 Å². The van der Waals surface area contributed by atoms with Crippen molar-refractivity contribution in [3.05, 3.63) is 83.3 Å². The van der Waals surface area contributed by atoms with Crippen molar-refractivity contribution in [3.8, 4) is 22.5 Å². The Hall–Kier alpha value is -3.03. The molecular formula is C24H27ClN2O8S2. The molecule has 0 bridgehead atoms. The maximum Gasteiger partial charge on any atom is 0.264 e. The Morgan fingerprint density at radius 1 is 0.784 bits per heavy atom. The number of rotatable bonds is 6. The monoisotopic (exact) mass is 570 g/mol. The van der Waals surface area contributed by atoms with E-state index in [0.29, 0.717) is 0 Å². The predicted octanol–water partition coefficient (Wildman–Crippen LogP) is 4.45. The SMILES string of the molecule is CS(=O)(=O)Cl.Cc1cc(-c2ccc(CO)cc2)no1.Cc1cc(-c2ccc(COS(C)(=O)=O)cc2)no1. The first kappa shape index (κ1) is 30.2. The second-order valence-electron chi connectivity index (χ2n) is 7.85. The van der Waals surface area contributed by atoms with Crippen LogP contribution < -0.4 is 0 Å². The molecule has 2 aromatic carbocycles. The van der Waals surface area contributed by atoms with E-state index < -0.39 is 19.2 Å². The van der Waals surface area contributed by atoms with Gasteiger partial charge in [-0.2, -0.15) is 8.42 Å². The molecule has 2 aromatic heterocycles. The van der Waals surface area contributed by atoms with Gasteiger partial charge in [-0.25, -0.2) is 8.42 Å². The van der Waals surface area contributed by atoms with Crippen molar-refractivity contribution in [1.82, 2.24) is 10.3 Å². The van der Waals surface area contributed by atoms with Crippen LogP contribution >= 0.6 is 10.7 Å². The second-order valence-corrected chi connectivity index (χ2v) is 12.5. The summed E-state index contributed by atoms with van der Waals surface area (Å²) in [5.41, 5.74) is 5.17. The van der Waals surface area contributed by atoms with Crippen molar-refractivity contribution >= 4 is 29.9 Å². The van der Waals surface area contributed by atoms with Crippen molar-refractivity contribution in [2.75, 3.05) is 12.5 Å². The summed E-state index contributed by atoms with van der Waals surface area (Å²) in [6, 6.07) is 18.6. The first-order valence-electron chi connectivity index (χ1n) is 10.6. The number of aryl methyl sites for hydroxylation is 2. The van der Waals surface area contributed by atoms with E-state index in [1.807, 2.05) is 62.4 Å². The highest BCUT2D eigenvalue weighted by Crippen LogP contribution is 2.20. The van der Waals surface area contributed by atoms with E-state index in [2.05, 4.69) is 21.0 Å². The van der Waals surface area contributed by atoms with Crippen LogP contribution in [-0.2, 0) is 36.6 Å². The van der Waals surface area contributed by atoms with E-state index >= 15 is 0 Å². The standard InChI is InChI=1S/C12H13NO4S.C11H11NO2.CH3ClO2S/c1-9-7-12(13-17-9)11-5-3-10(4-6-11)8-16-18(2,14)15;1-8-6-11(12-14-8)10-4-2-9(7-13)3-5-10;1-5(2,3)4/h3-7H,8H2,1-2H3;2-6,13H,7H2,1H3;1H3. The van der Waals surface area contributed by atoms with E-state index in [-0.39, 0.29) is 13.2 Å². The summed E-state index contributed by atoms with van der Waals surface area (Å²) in [4.78, 5) is 0. The van der Waals surface area contributed by atoms with Gasteiger partial charge in [-0.15, -0.1) is 0 Å². The van der Waals surface area contributed by atoms with E-state index in [0.717, 1.165) is 57.7 Å². The van der Waals surface area contributed by atoms with Gasteiger partial charge in [0.05, 0.1) is 25.7 Å². The van der Waals surface area contributed by atoms with Gasteiger partial charge in [-0.3, -0.25) is 4.18 Å². The number of hydrogen-bond donors (Lipinski definition) is 1. The van der Waals surface area contributed by atoms with Crippen LogP contribution in [0.2, 0.25) is 0 Å². The lowest BCUT2D eigenvalue weighted by Gasteiger charge is -2.02. The van der Waals surface area contributed by atoms with Crippen LogP contribution in [0.1, 0.15) is 22.6 Å². The van der Waals surface area contributed by atoms with Gasteiger partial charge >= 0.3 is 0 Å². The van der Waals surface area contributed by atoms with Gasteiger partial charge in [0.1, 0.15) is 22.9 Å². The summed E-state index contributed by atoms with van der Waals surface area (Å²) in [6.07, 6.45) is 1.95. The molecule has 0 saturated heterocycles. The Bertz CT molecular complexity index is 1470. The molecule has 0 aliphatic carbocycles. The van der Waals surface area contributed by atoms with Crippen LogP contribution in [0.4, 0.5) is 0 Å². The van der Waals surface area contributed by atoms with E-state index in [1.54, 1.807) is 12.1 Å². The number of nitrogens with zero attached hydrogens (tertiary/aromatic N) is 2. The molecule has 0 spiro atoms. The van der Waals surface area contributed by atoms with Gasteiger partial charge in [0, 0.05) is 33.9 Å². The van der Waals surface area contributed by atoms with E-state index in [9.17, 15) is 16.8 Å². The zero-order valence-electron chi connectivity index (χ0n) is 20.6. The Morgan fingerprint density at radius 3 is 1.46 bits per heavy atom. The van der Waals surface area contributed by atoms with Gasteiger partial charge in [-0.05, 0) is 25.0 Å². The first-order chi connectivity index (χ1) is 17.2. The molecule has 0 fully saturated rings. The average molecular weight is 571 g/mol. The summed E-state index contributed by atoms with van der Waals surface area (Å²) in [5.74, 6) is 1.54. The predicted molar refractivity (Wildman–Crippen MR) is 140 cm³/mol. The highest BCUT2D eigenvalue weighted by Gasteiger charge is 2.06. The maximum absolute atomic E-state index is 10.9. The van der Waals surface area contributed by atoms with E-state index in [1.165, 1.54) is 0 Å². The number of aliphatic hydroxyl groups excluding tert-OH is 1. The molecule has 13 heteroatoms. The topological polar surface area (TPSA) is 150 Å². The Kier molecular flexibility index (Phi) is 11.0. The summed E-state index contributed by atoms with van der Waals surface area (Å²) < 4.78 is 55.2. The van der Waals surface area contributed by atoms with Crippen molar-refractivity contribution in [1.29, 1.82) is 0 Å². The van der Waals surface area contributed by atoms with E-state index in [4.69, 9.17) is 18.3 Å². The second kappa shape index (κ2) is 13.5. The quantitative estimate of drug-likeness (QED) is 0.260. The molecule has 200 valence electrons. The van der Waals surface area contributed by atoms with Crippen molar-refractivity contribution in [2.45, 2.75) is 27.1 Å². The lowest BCUT2D eigenvalue weighted by atomic mass is 10.1. The van der Waals surface area contributed by atoms with Crippen LogP contribution in [0.15, 0.2) is 69.7 Å². The number of halogens is 1. The van der Waals surface area contributed by atoms with Crippen molar-refractivity contribution in [3.63, 3.8) is 0 Å². The van der Waals surface area contributed by atoms with Crippen molar-refractivity contribution in [2.24, 2.45) is 0 Å². The molecule has 1 N–H and O–H groups in total. The van der Waals surface area contributed by atoms with Crippen LogP contribution in [0, 0.1) is 13.8 Å². The summed E-state index contributed by atoms with van der Waals surface area (Å²) >= 11 is 0. The Morgan fingerprint density at radius 2 is 1.16 bits per heavy atom. The van der Waals surface area contributed by atoms with Gasteiger partial charge in [0.2, 0.25) is 9.05 Å². The summed E-state index contributed by atoms with van der Waals surface area (Å²) in [6.45, 7) is 3.79. The lowest BCUT2D eigenvalue weighted by Crippen LogP contribution is -2.02. The van der Waals surface area contributed by atoms with Crippen LogP contribution in [0.3, 0.4) is 0 Å². The molecule has 37 heavy (non-hydrogen) atoms. The number of aliphatic hydroxyl groups is 1. The molecule has 0 saturated carbocycles. The molecule has 4 rings (SSSR count). The highest BCUT2D eigenvalue weighted by atomic mass is 35.7. The molecule has 0 radical (unpaired) electrons. The van der Waals surface area contributed by atoms with Gasteiger partial charge in [-0.1, -0.05) is 58.8 Å². The number of benzene rings is 2. The Labute approximate surface area is 220 Å². The molecule has 0 atom stereocenters. The number of aromatic nitrogens is 2. The van der Waals surface area contributed by atoms with Crippen molar-refractivity contribution < 1.29 is 35.2 Å². The summed E-state index contributed by atoms with van der Waals surface area (Å²) in [7, 11) is -2.10. The van der Waals surface area contributed by atoms with Gasteiger partial charge < -0.3 is 14.2 Å². The lowest BCUT2D eigenvalue weighted by molar-refractivity contribution is 0.282. The molecule has 0 aliphatic heterocycles. The molecule has 0 aliphatic rings. The van der Waals surface area contributed by atoms with Gasteiger partial charge in [0.15, 0.2) is 0 Å². The average Bonchev–Trinajstić information content (AvgIpc) is 3.45. The van der Waals surface area contributed by atoms with Gasteiger partial charge in [0.25, 0.3) is 10.1 Å². The zero-order chi connectivity index (χ0) is 27.6. The third-order valence-corrected chi connectivity index (χ3v) is 4.92. The molecular weight excluding hydrogens is 544 g/mol. The molecule has 0 amide bonds. The smallest absolute Gasteiger partial charge is 0.264 e. The minimum Gasteiger partial charge on any atom is -0.392 e. The summed E-state index contributed by atoms with van der Waals surface area (Å²) in [5, 5.41) is 16.7. The number of hydrogen-bond acceptors (Lipinski definition) is 10. The third kappa shape index (κ3) is 12.2.